The molecule has 0 amide bonds. The lowest BCUT2D eigenvalue weighted by Gasteiger charge is -2.24. The van der Waals surface area contributed by atoms with Crippen LogP contribution in [0.25, 0.3) is 0 Å². The lowest BCUT2D eigenvalue weighted by Crippen LogP contribution is -2.47. The van der Waals surface area contributed by atoms with Gasteiger partial charge in [0.25, 0.3) is 0 Å². The van der Waals surface area contributed by atoms with E-state index in [9.17, 15) is 8.42 Å². The highest BCUT2D eigenvalue weighted by Crippen LogP contribution is 2.06. The van der Waals surface area contributed by atoms with E-state index in [4.69, 9.17) is 10.5 Å². The Kier molecular flexibility index (Phi) is 6.35. The molecule has 0 aromatic heterocycles. The van der Waals surface area contributed by atoms with Crippen LogP contribution >= 0.6 is 0 Å². The van der Waals surface area contributed by atoms with Crippen molar-refractivity contribution in [1.82, 2.24) is 4.72 Å². The number of unbranched alkanes of at least 4 members (excludes halogenated alkanes) is 1. The summed E-state index contributed by atoms with van der Waals surface area (Å²) in [6, 6.07) is 0. The van der Waals surface area contributed by atoms with Crippen LogP contribution in [-0.4, -0.2) is 40.0 Å². The summed E-state index contributed by atoms with van der Waals surface area (Å²) in [4.78, 5) is 0. The quantitative estimate of drug-likeness (QED) is 0.586. The van der Waals surface area contributed by atoms with Gasteiger partial charge in [-0.3, -0.25) is 0 Å². The van der Waals surface area contributed by atoms with Crippen molar-refractivity contribution in [2.75, 3.05) is 26.0 Å². The van der Waals surface area contributed by atoms with E-state index in [0.717, 1.165) is 6.42 Å². The Labute approximate surface area is 92.4 Å². The first kappa shape index (κ1) is 14.8. The third-order valence-corrected chi connectivity index (χ3v) is 3.49. The zero-order valence-corrected chi connectivity index (χ0v) is 10.6. The molecule has 0 aliphatic carbocycles. The standard InChI is InChI=1S/C9H22N2O3S/c1-9(2,8-14-3)11-15(12,13)7-5-4-6-10/h11H,4-8,10H2,1-3H3. The fourth-order valence-corrected chi connectivity index (χ4v) is 2.89. The maximum absolute atomic E-state index is 11.6. The normalized spacial score (nSPS) is 13.1. The van der Waals surface area contributed by atoms with Crippen molar-refractivity contribution in [2.24, 2.45) is 5.73 Å². The second kappa shape index (κ2) is 6.42. The molecule has 3 N–H and O–H groups in total. The summed E-state index contributed by atoms with van der Waals surface area (Å²) in [5, 5.41) is 0. The average Bonchev–Trinajstić information content (AvgIpc) is 2.01. The molecule has 0 fully saturated rings. The number of nitrogens with two attached hydrogens (primary N) is 1. The molecule has 0 aliphatic heterocycles. The molecule has 0 spiro atoms. The molecule has 0 heterocycles. The van der Waals surface area contributed by atoms with Gasteiger partial charge in [-0.05, 0) is 33.2 Å². The van der Waals surface area contributed by atoms with E-state index in [1.54, 1.807) is 21.0 Å². The Balaban J connectivity index is 4.13. The molecule has 92 valence electrons. The van der Waals surface area contributed by atoms with Crippen LogP contribution in [0.15, 0.2) is 0 Å². The Bertz CT molecular complexity index is 263. The van der Waals surface area contributed by atoms with Gasteiger partial charge < -0.3 is 10.5 Å². The smallest absolute Gasteiger partial charge is 0.212 e. The van der Waals surface area contributed by atoms with Gasteiger partial charge in [-0.15, -0.1) is 0 Å². The van der Waals surface area contributed by atoms with Gasteiger partial charge in [0.2, 0.25) is 10.0 Å². The second-order valence-corrected chi connectivity index (χ2v) is 6.08. The molecule has 0 bridgehead atoms. The van der Waals surface area contributed by atoms with Gasteiger partial charge in [0.15, 0.2) is 0 Å². The van der Waals surface area contributed by atoms with Crippen LogP contribution in [0.4, 0.5) is 0 Å². The van der Waals surface area contributed by atoms with Crippen molar-refractivity contribution >= 4 is 10.0 Å². The third-order valence-electron chi connectivity index (χ3n) is 1.80. The van der Waals surface area contributed by atoms with Crippen LogP contribution < -0.4 is 10.5 Å². The fourth-order valence-electron chi connectivity index (χ4n) is 1.30. The Morgan fingerprint density at radius 2 is 1.93 bits per heavy atom. The number of methoxy groups -OCH3 is 1. The summed E-state index contributed by atoms with van der Waals surface area (Å²) in [7, 11) is -1.67. The maximum Gasteiger partial charge on any atom is 0.212 e. The van der Waals surface area contributed by atoms with Gasteiger partial charge in [-0.2, -0.15) is 0 Å². The first-order valence-electron chi connectivity index (χ1n) is 5.03. The topological polar surface area (TPSA) is 81.4 Å². The summed E-state index contributed by atoms with van der Waals surface area (Å²) < 4.78 is 30.7. The zero-order valence-electron chi connectivity index (χ0n) is 9.75. The van der Waals surface area contributed by atoms with E-state index in [0.29, 0.717) is 19.6 Å². The van der Waals surface area contributed by atoms with Gasteiger partial charge in [-0.25, -0.2) is 13.1 Å². The SMILES string of the molecule is COCC(C)(C)NS(=O)(=O)CCCCN. The van der Waals surface area contributed by atoms with Crippen LogP contribution in [-0.2, 0) is 14.8 Å². The molecule has 0 radical (unpaired) electrons. The van der Waals surface area contributed by atoms with Gasteiger partial charge in [0.1, 0.15) is 0 Å². The predicted octanol–water partition coefficient (Wildman–Crippen LogP) is 0.0697. The number of hydrogen-bond acceptors (Lipinski definition) is 4. The minimum atomic E-state index is -3.22. The number of rotatable bonds is 8. The minimum Gasteiger partial charge on any atom is -0.383 e. The molecule has 0 atom stereocenters. The van der Waals surface area contributed by atoms with Crippen LogP contribution in [0.2, 0.25) is 0 Å². The monoisotopic (exact) mass is 238 g/mol. The van der Waals surface area contributed by atoms with E-state index in [2.05, 4.69) is 4.72 Å². The molecule has 0 rings (SSSR count). The highest BCUT2D eigenvalue weighted by molar-refractivity contribution is 7.89. The van der Waals surface area contributed by atoms with E-state index < -0.39 is 15.6 Å². The molecule has 0 aromatic carbocycles. The molecule has 6 heteroatoms. The average molecular weight is 238 g/mol. The van der Waals surface area contributed by atoms with Crippen LogP contribution in [0.5, 0.6) is 0 Å². The largest absolute Gasteiger partial charge is 0.383 e. The van der Waals surface area contributed by atoms with Gasteiger partial charge in [0, 0.05) is 7.11 Å². The van der Waals surface area contributed by atoms with E-state index in [1.807, 2.05) is 0 Å². The maximum atomic E-state index is 11.6. The number of nitrogens with one attached hydrogen (secondary N) is 1. The predicted molar refractivity (Wildman–Crippen MR) is 61.2 cm³/mol. The van der Waals surface area contributed by atoms with E-state index in [-0.39, 0.29) is 5.75 Å². The van der Waals surface area contributed by atoms with E-state index >= 15 is 0 Å². The summed E-state index contributed by atoms with van der Waals surface area (Å²) in [6.45, 7) is 4.45. The first-order valence-corrected chi connectivity index (χ1v) is 6.69. The molecule has 0 unspecified atom stereocenters. The third kappa shape index (κ3) is 7.72. The summed E-state index contributed by atoms with van der Waals surface area (Å²) in [5.74, 6) is 0.122. The molecule has 15 heavy (non-hydrogen) atoms. The van der Waals surface area contributed by atoms with Crippen molar-refractivity contribution in [2.45, 2.75) is 32.2 Å². The lowest BCUT2D eigenvalue weighted by molar-refractivity contribution is 0.141. The number of sulfonamides is 1. The number of ether oxygens (including phenoxy) is 1. The van der Waals surface area contributed by atoms with Gasteiger partial charge >= 0.3 is 0 Å². The first-order chi connectivity index (χ1) is 6.83. The van der Waals surface area contributed by atoms with Crippen molar-refractivity contribution in [1.29, 1.82) is 0 Å². The molecule has 0 saturated heterocycles. The van der Waals surface area contributed by atoms with Crippen molar-refractivity contribution < 1.29 is 13.2 Å². The molecular formula is C9H22N2O3S. The summed E-state index contributed by atoms with van der Waals surface area (Å²) >= 11 is 0. The van der Waals surface area contributed by atoms with Gasteiger partial charge in [0.05, 0.1) is 17.9 Å². The van der Waals surface area contributed by atoms with Crippen LogP contribution in [0, 0.1) is 0 Å². The molecule has 0 saturated carbocycles. The highest BCUT2D eigenvalue weighted by Gasteiger charge is 2.24. The summed E-state index contributed by atoms with van der Waals surface area (Å²) in [5.41, 5.74) is 4.74. The van der Waals surface area contributed by atoms with Gasteiger partial charge in [-0.1, -0.05) is 0 Å². The molecule has 0 aromatic rings. The zero-order chi connectivity index (χ0) is 11.9. The van der Waals surface area contributed by atoms with Crippen molar-refractivity contribution in [3.05, 3.63) is 0 Å². The molecule has 5 nitrogen and oxygen atoms in total. The Hall–Kier alpha value is -0.170. The van der Waals surface area contributed by atoms with Crippen LogP contribution in [0.1, 0.15) is 26.7 Å². The fraction of sp³-hybridized carbons (Fsp3) is 1.00. The second-order valence-electron chi connectivity index (χ2n) is 4.23. The van der Waals surface area contributed by atoms with E-state index in [1.165, 1.54) is 0 Å². The minimum absolute atomic E-state index is 0.122. The highest BCUT2D eigenvalue weighted by atomic mass is 32.2. The lowest BCUT2D eigenvalue weighted by atomic mass is 10.1. The molecule has 0 aliphatic rings. The van der Waals surface area contributed by atoms with Crippen molar-refractivity contribution in [3.63, 3.8) is 0 Å². The van der Waals surface area contributed by atoms with Crippen molar-refractivity contribution in [3.8, 4) is 0 Å². The Morgan fingerprint density at radius 1 is 1.33 bits per heavy atom. The molecular weight excluding hydrogens is 216 g/mol. The summed E-state index contributed by atoms with van der Waals surface area (Å²) in [6.07, 6.45) is 1.32. The Morgan fingerprint density at radius 3 is 2.40 bits per heavy atom. The number of hydrogen-bond donors (Lipinski definition) is 2. The van der Waals surface area contributed by atoms with Crippen LogP contribution in [0.3, 0.4) is 0 Å².